The summed E-state index contributed by atoms with van der Waals surface area (Å²) < 4.78 is 9.92. The van der Waals surface area contributed by atoms with Crippen molar-refractivity contribution in [3.63, 3.8) is 0 Å². The summed E-state index contributed by atoms with van der Waals surface area (Å²) in [4.78, 5) is 11.6. The molecule has 2 N–H and O–H groups in total. The number of hydrogen-bond donors (Lipinski definition) is 2. The van der Waals surface area contributed by atoms with E-state index in [1.807, 2.05) is 30.3 Å². The average molecular weight is 267 g/mol. The highest BCUT2D eigenvalue weighted by molar-refractivity contribution is 5.77. The van der Waals surface area contributed by atoms with E-state index in [9.17, 15) is 9.90 Å². The van der Waals surface area contributed by atoms with Crippen LogP contribution in [0, 0.1) is 0 Å². The Morgan fingerprint density at radius 2 is 2.05 bits per heavy atom. The number of carbonyl (C=O) groups excluding carboxylic acids is 1. The highest BCUT2D eigenvalue weighted by atomic mass is 16.5. The van der Waals surface area contributed by atoms with Gasteiger partial charge in [-0.2, -0.15) is 0 Å². The minimum absolute atomic E-state index is 0.0192. The lowest BCUT2D eigenvalue weighted by Crippen LogP contribution is -2.41. The van der Waals surface area contributed by atoms with Crippen LogP contribution in [0.15, 0.2) is 30.3 Å². The maximum absolute atomic E-state index is 11.6. The van der Waals surface area contributed by atoms with Crippen LogP contribution in [0.4, 0.5) is 0 Å². The normalized spacial score (nSPS) is 12.1. The van der Waals surface area contributed by atoms with Crippen molar-refractivity contribution in [2.45, 2.75) is 12.5 Å². The molecule has 0 aromatic heterocycles. The third-order valence-corrected chi connectivity index (χ3v) is 2.58. The van der Waals surface area contributed by atoms with Crippen molar-refractivity contribution in [3.05, 3.63) is 35.9 Å². The van der Waals surface area contributed by atoms with E-state index in [2.05, 4.69) is 5.32 Å². The molecule has 0 aliphatic heterocycles. The van der Waals surface area contributed by atoms with Gasteiger partial charge in [-0.25, -0.2) is 0 Å². The molecule has 1 rings (SSSR count). The molecule has 0 saturated carbocycles. The Bertz CT molecular complexity index is 356. The lowest BCUT2D eigenvalue weighted by Gasteiger charge is -2.16. The summed E-state index contributed by atoms with van der Waals surface area (Å²) in [5.41, 5.74) is 1.07. The van der Waals surface area contributed by atoms with Crippen molar-refractivity contribution < 1.29 is 19.4 Å². The Labute approximate surface area is 113 Å². The molecule has 1 aromatic rings. The second-order valence-electron chi connectivity index (χ2n) is 4.18. The minimum atomic E-state index is -0.291. The first kappa shape index (κ1) is 15.6. The summed E-state index contributed by atoms with van der Waals surface area (Å²) >= 11 is 0. The van der Waals surface area contributed by atoms with Crippen molar-refractivity contribution in [2.75, 3.05) is 33.5 Å². The van der Waals surface area contributed by atoms with Crippen LogP contribution in [0.2, 0.25) is 0 Å². The monoisotopic (exact) mass is 267 g/mol. The number of methoxy groups -OCH3 is 1. The van der Waals surface area contributed by atoms with Crippen molar-refractivity contribution in [2.24, 2.45) is 0 Å². The van der Waals surface area contributed by atoms with E-state index < -0.39 is 0 Å². The fourth-order valence-corrected chi connectivity index (χ4v) is 1.64. The van der Waals surface area contributed by atoms with Crippen LogP contribution in [0.5, 0.6) is 0 Å². The van der Waals surface area contributed by atoms with E-state index in [0.717, 1.165) is 5.56 Å². The van der Waals surface area contributed by atoms with Gasteiger partial charge in [0.05, 0.1) is 25.9 Å². The lowest BCUT2D eigenvalue weighted by atomic mass is 10.1. The summed E-state index contributed by atoms with van der Waals surface area (Å²) in [6, 6.07) is 9.42. The van der Waals surface area contributed by atoms with Gasteiger partial charge in [0, 0.05) is 7.11 Å². The standard InChI is InChI=1S/C14H21NO4/c1-18-7-8-19-11-14(17)15-13(10-16)9-12-5-3-2-4-6-12/h2-6,13,16H,7-11H2,1H3,(H,15,17). The Morgan fingerprint density at radius 1 is 1.32 bits per heavy atom. The Morgan fingerprint density at radius 3 is 2.68 bits per heavy atom. The molecule has 0 bridgehead atoms. The number of hydrogen-bond acceptors (Lipinski definition) is 4. The first-order chi connectivity index (χ1) is 9.26. The average Bonchev–Trinajstić information content (AvgIpc) is 2.44. The van der Waals surface area contributed by atoms with Gasteiger partial charge >= 0.3 is 0 Å². The van der Waals surface area contributed by atoms with E-state index in [1.54, 1.807) is 7.11 Å². The van der Waals surface area contributed by atoms with Gasteiger partial charge < -0.3 is 19.9 Å². The fourth-order valence-electron chi connectivity index (χ4n) is 1.64. The third kappa shape index (κ3) is 6.91. The van der Waals surface area contributed by atoms with Crippen LogP contribution in [0.25, 0.3) is 0 Å². The Kier molecular flexibility index (Phi) is 7.81. The lowest BCUT2D eigenvalue weighted by molar-refractivity contribution is -0.127. The highest BCUT2D eigenvalue weighted by Crippen LogP contribution is 2.02. The Hall–Kier alpha value is -1.43. The molecule has 1 aromatic carbocycles. The molecule has 0 spiro atoms. The number of amides is 1. The van der Waals surface area contributed by atoms with E-state index in [4.69, 9.17) is 9.47 Å². The predicted molar refractivity (Wildman–Crippen MR) is 71.9 cm³/mol. The molecule has 0 aliphatic rings. The van der Waals surface area contributed by atoms with E-state index >= 15 is 0 Å². The maximum atomic E-state index is 11.6. The molecule has 1 unspecified atom stereocenters. The van der Waals surface area contributed by atoms with Crippen molar-refractivity contribution in [1.29, 1.82) is 0 Å². The first-order valence-electron chi connectivity index (χ1n) is 6.27. The number of nitrogens with one attached hydrogen (secondary N) is 1. The molecule has 0 radical (unpaired) electrons. The molecule has 106 valence electrons. The van der Waals surface area contributed by atoms with Gasteiger partial charge in [0.15, 0.2) is 0 Å². The zero-order chi connectivity index (χ0) is 13.9. The minimum Gasteiger partial charge on any atom is -0.394 e. The molecule has 19 heavy (non-hydrogen) atoms. The van der Waals surface area contributed by atoms with Gasteiger partial charge in [-0.05, 0) is 12.0 Å². The van der Waals surface area contributed by atoms with Crippen LogP contribution in [-0.4, -0.2) is 50.6 Å². The molecule has 0 heterocycles. The van der Waals surface area contributed by atoms with Gasteiger partial charge in [-0.3, -0.25) is 4.79 Å². The highest BCUT2D eigenvalue weighted by Gasteiger charge is 2.11. The second-order valence-corrected chi connectivity index (χ2v) is 4.18. The summed E-state index contributed by atoms with van der Waals surface area (Å²) in [5, 5.41) is 12.0. The number of rotatable bonds is 9. The number of benzene rings is 1. The number of aliphatic hydroxyl groups is 1. The van der Waals surface area contributed by atoms with E-state index in [0.29, 0.717) is 19.6 Å². The predicted octanol–water partition coefficient (Wildman–Crippen LogP) is 0.369. The van der Waals surface area contributed by atoms with Crippen LogP contribution < -0.4 is 5.32 Å². The molecular formula is C14H21NO4. The van der Waals surface area contributed by atoms with Gasteiger partial charge in [0.25, 0.3) is 0 Å². The zero-order valence-electron chi connectivity index (χ0n) is 11.2. The topological polar surface area (TPSA) is 67.8 Å². The molecule has 0 saturated heterocycles. The summed E-state index contributed by atoms with van der Waals surface area (Å²) in [7, 11) is 1.57. The fraction of sp³-hybridized carbons (Fsp3) is 0.500. The van der Waals surface area contributed by atoms with Crippen molar-refractivity contribution >= 4 is 5.91 Å². The van der Waals surface area contributed by atoms with Crippen LogP contribution in [-0.2, 0) is 20.7 Å². The molecule has 5 nitrogen and oxygen atoms in total. The second kappa shape index (κ2) is 9.49. The van der Waals surface area contributed by atoms with E-state index in [1.165, 1.54) is 0 Å². The van der Waals surface area contributed by atoms with Gasteiger partial charge in [-0.1, -0.05) is 30.3 Å². The van der Waals surface area contributed by atoms with Gasteiger partial charge in [-0.15, -0.1) is 0 Å². The van der Waals surface area contributed by atoms with E-state index in [-0.39, 0.29) is 25.2 Å². The zero-order valence-corrected chi connectivity index (χ0v) is 11.2. The molecule has 1 atom stereocenters. The van der Waals surface area contributed by atoms with Crippen LogP contribution >= 0.6 is 0 Å². The smallest absolute Gasteiger partial charge is 0.246 e. The quantitative estimate of drug-likeness (QED) is 0.634. The molecule has 0 fully saturated rings. The number of aliphatic hydroxyl groups excluding tert-OH is 1. The molecule has 0 aliphatic carbocycles. The van der Waals surface area contributed by atoms with Crippen molar-refractivity contribution in [1.82, 2.24) is 5.32 Å². The molecule has 5 heteroatoms. The molecular weight excluding hydrogens is 246 g/mol. The third-order valence-electron chi connectivity index (χ3n) is 2.58. The Balaban J connectivity index is 2.29. The summed E-state index contributed by atoms with van der Waals surface area (Å²) in [6.07, 6.45) is 0.598. The summed E-state index contributed by atoms with van der Waals surface area (Å²) in [5.74, 6) is -0.230. The maximum Gasteiger partial charge on any atom is 0.246 e. The molecule has 1 amide bonds. The van der Waals surface area contributed by atoms with Gasteiger partial charge in [0.2, 0.25) is 5.91 Å². The largest absolute Gasteiger partial charge is 0.394 e. The van der Waals surface area contributed by atoms with Gasteiger partial charge in [0.1, 0.15) is 6.61 Å². The summed E-state index contributed by atoms with van der Waals surface area (Å²) in [6.45, 7) is 0.723. The van der Waals surface area contributed by atoms with Crippen molar-refractivity contribution in [3.8, 4) is 0 Å². The van der Waals surface area contributed by atoms with Crippen LogP contribution in [0.1, 0.15) is 5.56 Å². The number of carbonyl (C=O) groups is 1. The number of ether oxygens (including phenoxy) is 2. The first-order valence-corrected chi connectivity index (χ1v) is 6.27. The van der Waals surface area contributed by atoms with Crippen LogP contribution in [0.3, 0.4) is 0 Å². The SMILES string of the molecule is COCCOCC(=O)NC(CO)Cc1ccccc1.